The zero-order valence-electron chi connectivity index (χ0n) is 15.7. The van der Waals surface area contributed by atoms with Gasteiger partial charge in [0.05, 0.1) is 17.6 Å². The lowest BCUT2D eigenvalue weighted by molar-refractivity contribution is -0.116. The molecule has 28 heavy (non-hydrogen) atoms. The van der Waals surface area contributed by atoms with Crippen molar-refractivity contribution in [2.45, 2.75) is 17.7 Å². The van der Waals surface area contributed by atoms with Gasteiger partial charge in [0, 0.05) is 37.6 Å². The van der Waals surface area contributed by atoms with Crippen LogP contribution in [0.15, 0.2) is 47.4 Å². The first-order chi connectivity index (χ1) is 13.1. The number of sulfonamides is 1. The summed E-state index contributed by atoms with van der Waals surface area (Å²) in [6.45, 7) is 0. The molecular formula is C19H21ClN2O5S. The summed E-state index contributed by atoms with van der Waals surface area (Å²) in [5.41, 5.74) is 0.761. The molecule has 150 valence electrons. The van der Waals surface area contributed by atoms with E-state index in [-0.39, 0.29) is 29.4 Å². The summed E-state index contributed by atoms with van der Waals surface area (Å²) in [5, 5.41) is 3.04. The zero-order valence-corrected chi connectivity index (χ0v) is 17.3. The van der Waals surface area contributed by atoms with Gasteiger partial charge in [-0.2, -0.15) is 0 Å². The summed E-state index contributed by atoms with van der Waals surface area (Å²) in [7, 11) is 0.803. The van der Waals surface area contributed by atoms with Gasteiger partial charge in [-0.1, -0.05) is 11.6 Å². The van der Waals surface area contributed by atoms with Crippen LogP contribution in [0.5, 0.6) is 5.75 Å². The summed E-state index contributed by atoms with van der Waals surface area (Å²) in [6.07, 6.45) is -0.0537. The smallest absolute Gasteiger partial charge is 0.242 e. The molecule has 0 aliphatic carbocycles. The van der Waals surface area contributed by atoms with Crippen LogP contribution >= 0.6 is 11.6 Å². The topological polar surface area (TPSA) is 92.8 Å². The molecule has 7 nitrogen and oxygen atoms in total. The lowest BCUT2D eigenvalue weighted by Gasteiger charge is -2.12. The van der Waals surface area contributed by atoms with Crippen LogP contribution in [0.3, 0.4) is 0 Å². The highest BCUT2D eigenvalue weighted by Gasteiger charge is 2.17. The molecule has 0 heterocycles. The SMILES string of the molecule is COc1ccc(Cl)cc1C(=O)CCC(=O)Nc1ccc(S(=O)(=O)N(C)C)cc1. The molecule has 0 fully saturated rings. The third-order valence-electron chi connectivity index (χ3n) is 3.96. The van der Waals surface area contributed by atoms with Gasteiger partial charge in [-0.15, -0.1) is 0 Å². The Balaban J connectivity index is 1.98. The molecular weight excluding hydrogens is 404 g/mol. The Hall–Kier alpha value is -2.42. The third kappa shape index (κ3) is 5.31. The molecule has 0 atom stereocenters. The van der Waals surface area contributed by atoms with E-state index in [1.165, 1.54) is 51.5 Å². The van der Waals surface area contributed by atoms with Crippen molar-refractivity contribution in [3.8, 4) is 5.75 Å². The van der Waals surface area contributed by atoms with Crippen molar-refractivity contribution in [2.24, 2.45) is 0 Å². The molecule has 1 N–H and O–H groups in total. The number of anilines is 1. The second-order valence-corrected chi connectivity index (χ2v) is 8.72. The van der Waals surface area contributed by atoms with E-state index in [4.69, 9.17) is 16.3 Å². The first-order valence-electron chi connectivity index (χ1n) is 8.34. The van der Waals surface area contributed by atoms with Gasteiger partial charge >= 0.3 is 0 Å². The fraction of sp³-hybridized carbons (Fsp3) is 0.263. The Labute approximate surface area is 169 Å². The second-order valence-electron chi connectivity index (χ2n) is 6.13. The minimum Gasteiger partial charge on any atom is -0.496 e. The number of methoxy groups -OCH3 is 1. The maximum atomic E-state index is 12.4. The van der Waals surface area contributed by atoms with E-state index in [9.17, 15) is 18.0 Å². The molecule has 0 aliphatic heterocycles. The third-order valence-corrected chi connectivity index (χ3v) is 6.02. The number of amides is 1. The maximum Gasteiger partial charge on any atom is 0.242 e. The summed E-state index contributed by atoms with van der Waals surface area (Å²) in [5.74, 6) is -0.230. The molecule has 0 saturated carbocycles. The average Bonchev–Trinajstić information content (AvgIpc) is 2.66. The van der Waals surface area contributed by atoms with Crippen LogP contribution in [-0.4, -0.2) is 45.6 Å². The molecule has 0 radical (unpaired) electrons. The number of halogens is 1. The summed E-state index contributed by atoms with van der Waals surface area (Å²) in [6, 6.07) is 10.5. The summed E-state index contributed by atoms with van der Waals surface area (Å²) >= 11 is 5.92. The van der Waals surface area contributed by atoms with Crippen LogP contribution in [0.1, 0.15) is 23.2 Å². The number of rotatable bonds is 8. The van der Waals surface area contributed by atoms with Crippen molar-refractivity contribution in [3.05, 3.63) is 53.1 Å². The van der Waals surface area contributed by atoms with Crippen molar-refractivity contribution in [3.63, 3.8) is 0 Å². The van der Waals surface area contributed by atoms with Gasteiger partial charge in [0.15, 0.2) is 5.78 Å². The monoisotopic (exact) mass is 424 g/mol. The fourth-order valence-electron chi connectivity index (χ4n) is 2.40. The van der Waals surface area contributed by atoms with E-state index in [0.29, 0.717) is 22.0 Å². The van der Waals surface area contributed by atoms with E-state index in [0.717, 1.165) is 4.31 Å². The minimum absolute atomic E-state index is 0.0182. The molecule has 0 aromatic heterocycles. The highest BCUT2D eigenvalue weighted by molar-refractivity contribution is 7.89. The predicted molar refractivity (Wildman–Crippen MR) is 108 cm³/mol. The fourth-order valence-corrected chi connectivity index (χ4v) is 3.48. The molecule has 1 amide bonds. The van der Waals surface area contributed by atoms with Gasteiger partial charge in [-0.3, -0.25) is 9.59 Å². The van der Waals surface area contributed by atoms with E-state index >= 15 is 0 Å². The number of ketones is 1. The molecule has 2 rings (SSSR count). The van der Waals surface area contributed by atoms with Gasteiger partial charge in [-0.05, 0) is 42.5 Å². The largest absolute Gasteiger partial charge is 0.496 e. The number of carbonyl (C=O) groups excluding carboxylic acids is 2. The number of benzene rings is 2. The van der Waals surface area contributed by atoms with Crippen LogP contribution in [0.2, 0.25) is 5.02 Å². The van der Waals surface area contributed by atoms with E-state index in [1.807, 2.05) is 0 Å². The van der Waals surface area contributed by atoms with Crippen molar-refractivity contribution in [1.82, 2.24) is 4.31 Å². The molecule has 0 bridgehead atoms. The first-order valence-corrected chi connectivity index (χ1v) is 10.2. The van der Waals surface area contributed by atoms with Crippen LogP contribution in [-0.2, 0) is 14.8 Å². The quantitative estimate of drug-likeness (QED) is 0.657. The lowest BCUT2D eigenvalue weighted by Crippen LogP contribution is -2.22. The molecule has 0 aliphatic rings. The highest BCUT2D eigenvalue weighted by Crippen LogP contribution is 2.24. The van der Waals surface area contributed by atoms with E-state index in [2.05, 4.69) is 5.32 Å². The first kappa shape index (κ1) is 21.9. The maximum absolute atomic E-state index is 12.4. The van der Waals surface area contributed by atoms with E-state index in [1.54, 1.807) is 12.1 Å². The van der Waals surface area contributed by atoms with E-state index < -0.39 is 10.0 Å². The lowest BCUT2D eigenvalue weighted by atomic mass is 10.1. The average molecular weight is 425 g/mol. The van der Waals surface area contributed by atoms with Gasteiger partial charge < -0.3 is 10.1 Å². The number of carbonyl (C=O) groups is 2. The van der Waals surface area contributed by atoms with Crippen molar-refractivity contribution >= 4 is 39.0 Å². The second kappa shape index (κ2) is 9.18. The molecule has 2 aromatic carbocycles. The minimum atomic E-state index is -3.53. The van der Waals surface area contributed by atoms with Crippen LogP contribution in [0, 0.1) is 0 Å². The van der Waals surface area contributed by atoms with Gasteiger partial charge in [-0.25, -0.2) is 12.7 Å². The van der Waals surface area contributed by atoms with Crippen molar-refractivity contribution in [2.75, 3.05) is 26.5 Å². The van der Waals surface area contributed by atoms with Gasteiger partial charge in [0.1, 0.15) is 5.75 Å². The molecule has 0 unspecified atom stereocenters. The summed E-state index contributed by atoms with van der Waals surface area (Å²) in [4.78, 5) is 24.6. The molecule has 0 saturated heterocycles. The molecule has 9 heteroatoms. The number of nitrogens with zero attached hydrogens (tertiary/aromatic N) is 1. The Kier molecular flexibility index (Phi) is 7.17. The Morgan fingerprint density at radius 2 is 1.71 bits per heavy atom. The van der Waals surface area contributed by atoms with Gasteiger partial charge in [0.2, 0.25) is 15.9 Å². The number of hydrogen-bond acceptors (Lipinski definition) is 5. The molecule has 0 spiro atoms. The highest BCUT2D eigenvalue weighted by atomic mass is 35.5. The Bertz CT molecular complexity index is 972. The van der Waals surface area contributed by atoms with Crippen LogP contribution < -0.4 is 10.1 Å². The standard InChI is InChI=1S/C19H21ClN2O5S/c1-22(2)28(25,26)15-7-5-14(6-8-15)21-19(24)11-9-17(23)16-12-13(20)4-10-18(16)27-3/h4-8,10,12H,9,11H2,1-3H3,(H,21,24). The Morgan fingerprint density at radius 1 is 1.07 bits per heavy atom. The van der Waals surface area contributed by atoms with Crippen LogP contribution in [0.4, 0.5) is 5.69 Å². The normalized spacial score (nSPS) is 11.3. The summed E-state index contributed by atoms with van der Waals surface area (Å²) < 4.78 is 30.3. The Morgan fingerprint density at radius 3 is 2.29 bits per heavy atom. The molecule has 2 aromatic rings. The van der Waals surface area contributed by atoms with Crippen molar-refractivity contribution < 1.29 is 22.7 Å². The number of Topliss-reactive ketones (excluding diaryl/α,β-unsaturated/α-hetero) is 1. The van der Waals surface area contributed by atoms with Crippen molar-refractivity contribution in [1.29, 1.82) is 0 Å². The predicted octanol–water partition coefficient (Wildman–Crippen LogP) is 3.20. The number of nitrogens with one attached hydrogen (secondary N) is 1. The number of ether oxygens (including phenoxy) is 1. The zero-order chi connectivity index (χ0) is 20.9. The van der Waals surface area contributed by atoms with Gasteiger partial charge in [0.25, 0.3) is 0 Å². The van der Waals surface area contributed by atoms with Crippen LogP contribution in [0.25, 0.3) is 0 Å². The number of hydrogen-bond donors (Lipinski definition) is 1.